The third kappa shape index (κ3) is 5.70. The molecule has 2 amide bonds. The first-order valence-electron chi connectivity index (χ1n) is 9.38. The van der Waals surface area contributed by atoms with Gasteiger partial charge in [0.2, 0.25) is 0 Å². The molecule has 0 aliphatic heterocycles. The minimum absolute atomic E-state index is 0.170. The lowest BCUT2D eigenvalue weighted by molar-refractivity contribution is 0.0432. The summed E-state index contributed by atoms with van der Waals surface area (Å²) in [6.07, 6.45) is 0.135. The molecule has 1 saturated carbocycles. The van der Waals surface area contributed by atoms with Crippen molar-refractivity contribution in [1.29, 1.82) is 0 Å². The zero-order chi connectivity index (χ0) is 21.3. The van der Waals surface area contributed by atoms with Gasteiger partial charge in [0.25, 0.3) is 0 Å². The number of rotatable bonds is 4. The third-order valence-electron chi connectivity index (χ3n) is 3.65. The van der Waals surface area contributed by atoms with E-state index in [0.717, 1.165) is 34.6 Å². The van der Waals surface area contributed by atoms with Gasteiger partial charge in [-0.2, -0.15) is 4.90 Å². The van der Waals surface area contributed by atoms with Gasteiger partial charge in [0.05, 0.1) is 12.2 Å². The topological polar surface area (TPSA) is 82.1 Å². The van der Waals surface area contributed by atoms with Gasteiger partial charge in [0.1, 0.15) is 16.2 Å². The van der Waals surface area contributed by atoms with E-state index in [2.05, 4.69) is 0 Å². The van der Waals surface area contributed by atoms with Crippen molar-refractivity contribution in [3.05, 3.63) is 16.5 Å². The number of anilines is 1. The Labute approximate surface area is 169 Å². The number of amides is 2. The minimum atomic E-state index is -0.892. The second kappa shape index (κ2) is 8.11. The average molecular weight is 412 g/mol. The van der Waals surface area contributed by atoms with E-state index in [0.29, 0.717) is 0 Å². The monoisotopic (exact) mass is 411 g/mol. The molecule has 0 radical (unpaired) electrons. The number of nitrogens with zero attached hydrogens (tertiary/aromatic N) is 1. The molecular formula is C20H29NO6S. The molecule has 2 rings (SSSR count). The molecule has 1 aliphatic carbocycles. The fourth-order valence-electron chi connectivity index (χ4n) is 2.48. The van der Waals surface area contributed by atoms with Gasteiger partial charge in [-0.05, 0) is 78.2 Å². The first-order valence-corrected chi connectivity index (χ1v) is 10.3. The highest BCUT2D eigenvalue weighted by atomic mass is 32.1. The van der Waals surface area contributed by atoms with Gasteiger partial charge >= 0.3 is 18.2 Å². The molecular weight excluding hydrogens is 382 g/mol. The van der Waals surface area contributed by atoms with Gasteiger partial charge in [-0.1, -0.05) is 0 Å². The van der Waals surface area contributed by atoms with Crippen LogP contribution in [0.1, 0.15) is 83.1 Å². The molecule has 1 aliphatic rings. The van der Waals surface area contributed by atoms with Gasteiger partial charge in [0.15, 0.2) is 0 Å². The maximum absolute atomic E-state index is 12.9. The number of hydrogen-bond acceptors (Lipinski definition) is 7. The predicted octanol–water partition coefficient (Wildman–Crippen LogP) is 5.48. The first kappa shape index (κ1) is 22.2. The van der Waals surface area contributed by atoms with Gasteiger partial charge in [-0.3, -0.25) is 0 Å². The van der Waals surface area contributed by atoms with Crippen LogP contribution >= 0.6 is 11.3 Å². The molecule has 0 N–H and O–H groups in total. The van der Waals surface area contributed by atoms with Crippen molar-refractivity contribution < 1.29 is 28.6 Å². The lowest BCUT2D eigenvalue weighted by Gasteiger charge is -2.28. The summed E-state index contributed by atoms with van der Waals surface area (Å²) in [4.78, 5) is 39.2. The van der Waals surface area contributed by atoms with Crippen LogP contribution in [-0.2, 0) is 14.2 Å². The van der Waals surface area contributed by atoms with Crippen LogP contribution in [0, 0.1) is 0 Å². The van der Waals surface area contributed by atoms with Crippen molar-refractivity contribution in [3.63, 3.8) is 0 Å². The first-order chi connectivity index (χ1) is 12.8. The van der Waals surface area contributed by atoms with Gasteiger partial charge in [-0.25, -0.2) is 14.4 Å². The van der Waals surface area contributed by atoms with Crippen LogP contribution in [0.3, 0.4) is 0 Å². The Balaban J connectivity index is 2.51. The molecule has 1 heterocycles. The summed E-state index contributed by atoms with van der Waals surface area (Å²) in [5.74, 6) is -0.318. The van der Waals surface area contributed by atoms with Crippen molar-refractivity contribution in [2.75, 3.05) is 11.5 Å². The Morgan fingerprint density at radius 3 is 1.93 bits per heavy atom. The number of esters is 1. The van der Waals surface area contributed by atoms with Crippen LogP contribution in [0.4, 0.5) is 14.6 Å². The molecule has 8 heteroatoms. The molecule has 0 unspecified atom stereocenters. The van der Waals surface area contributed by atoms with E-state index in [-0.39, 0.29) is 23.1 Å². The molecule has 1 aromatic rings. The normalized spacial score (nSPS) is 14.4. The zero-order valence-corrected chi connectivity index (χ0v) is 18.4. The van der Waals surface area contributed by atoms with Crippen LogP contribution in [0.15, 0.2) is 5.38 Å². The summed E-state index contributed by atoms with van der Waals surface area (Å²) in [7, 11) is 0. The number of thiophene rings is 1. The standard InChI is InChI=1S/C20H29NO6S/c1-8-25-16(22)14-13(12-9-10-12)11-28-15(14)21(17(23)26-19(2,3)4)18(24)27-20(5,6)7/h11-12H,8-10H2,1-7H3. The van der Waals surface area contributed by atoms with Gasteiger partial charge in [-0.15, -0.1) is 11.3 Å². The smallest absolute Gasteiger partial charge is 0.425 e. The maximum atomic E-state index is 12.9. The molecule has 28 heavy (non-hydrogen) atoms. The van der Waals surface area contributed by atoms with Crippen LogP contribution in [0.2, 0.25) is 0 Å². The lowest BCUT2D eigenvalue weighted by Crippen LogP contribution is -2.44. The summed E-state index contributed by atoms with van der Waals surface area (Å²) in [5.41, 5.74) is -0.600. The van der Waals surface area contributed by atoms with Crippen LogP contribution in [0.5, 0.6) is 0 Å². The van der Waals surface area contributed by atoms with Crippen LogP contribution in [-0.4, -0.2) is 36.0 Å². The number of hydrogen-bond donors (Lipinski definition) is 0. The number of ether oxygens (including phenoxy) is 3. The fraction of sp³-hybridized carbons (Fsp3) is 0.650. The van der Waals surface area contributed by atoms with Gasteiger partial charge in [0, 0.05) is 0 Å². The molecule has 0 atom stereocenters. The molecule has 0 saturated heterocycles. The highest BCUT2D eigenvalue weighted by Crippen LogP contribution is 2.47. The van der Waals surface area contributed by atoms with Crippen molar-refractivity contribution >= 4 is 34.5 Å². The van der Waals surface area contributed by atoms with E-state index in [9.17, 15) is 14.4 Å². The summed E-state index contributed by atoms with van der Waals surface area (Å²) >= 11 is 1.14. The Kier molecular flexibility index (Phi) is 6.43. The Morgan fingerprint density at radius 2 is 1.54 bits per heavy atom. The van der Waals surface area contributed by atoms with E-state index in [1.165, 1.54) is 0 Å². The Morgan fingerprint density at radius 1 is 1.04 bits per heavy atom. The van der Waals surface area contributed by atoms with Gasteiger partial charge < -0.3 is 14.2 Å². The number of imide groups is 1. The minimum Gasteiger partial charge on any atom is -0.462 e. The maximum Gasteiger partial charge on any atom is 0.425 e. The average Bonchev–Trinajstić information content (AvgIpc) is 3.24. The molecule has 0 spiro atoms. The zero-order valence-electron chi connectivity index (χ0n) is 17.6. The van der Waals surface area contributed by atoms with Crippen molar-refractivity contribution in [1.82, 2.24) is 0 Å². The molecule has 0 aromatic carbocycles. The van der Waals surface area contributed by atoms with E-state index in [1.54, 1.807) is 53.8 Å². The summed E-state index contributed by atoms with van der Waals surface area (Å²) in [6, 6.07) is 0. The van der Waals surface area contributed by atoms with Crippen LogP contribution in [0.25, 0.3) is 0 Å². The van der Waals surface area contributed by atoms with E-state index < -0.39 is 29.4 Å². The quantitative estimate of drug-likeness (QED) is 0.482. The van der Waals surface area contributed by atoms with E-state index in [1.807, 2.05) is 0 Å². The SMILES string of the molecule is CCOC(=O)c1c(C2CC2)csc1N(C(=O)OC(C)(C)C)C(=O)OC(C)(C)C. The summed E-state index contributed by atoms with van der Waals surface area (Å²) < 4.78 is 16.0. The Hall–Kier alpha value is -2.09. The Bertz CT molecular complexity index is 724. The highest BCUT2D eigenvalue weighted by Gasteiger charge is 2.40. The third-order valence-corrected chi connectivity index (χ3v) is 4.63. The molecule has 1 fully saturated rings. The molecule has 1 aromatic heterocycles. The number of carbonyl (C=O) groups is 3. The van der Waals surface area contributed by atoms with Crippen molar-refractivity contribution in [3.8, 4) is 0 Å². The number of carbonyl (C=O) groups excluding carboxylic acids is 3. The van der Waals surface area contributed by atoms with Crippen molar-refractivity contribution in [2.24, 2.45) is 0 Å². The van der Waals surface area contributed by atoms with E-state index >= 15 is 0 Å². The molecule has 7 nitrogen and oxygen atoms in total. The van der Waals surface area contributed by atoms with E-state index in [4.69, 9.17) is 14.2 Å². The lowest BCUT2D eigenvalue weighted by atomic mass is 10.1. The second-order valence-corrected chi connectivity index (χ2v) is 9.52. The largest absolute Gasteiger partial charge is 0.462 e. The van der Waals surface area contributed by atoms with Crippen molar-refractivity contribution in [2.45, 2.75) is 78.4 Å². The predicted molar refractivity (Wildman–Crippen MR) is 107 cm³/mol. The van der Waals surface area contributed by atoms with Crippen LogP contribution < -0.4 is 4.90 Å². The summed E-state index contributed by atoms with van der Waals surface area (Å²) in [6.45, 7) is 12.1. The fourth-order valence-corrected chi connectivity index (χ4v) is 3.61. The second-order valence-electron chi connectivity index (χ2n) is 8.66. The molecule has 156 valence electrons. The highest BCUT2D eigenvalue weighted by molar-refractivity contribution is 7.15. The molecule has 0 bridgehead atoms. The summed E-state index contributed by atoms with van der Waals surface area (Å²) in [5, 5.41) is 1.98.